The van der Waals surface area contributed by atoms with Crippen molar-refractivity contribution in [3.05, 3.63) is 34.6 Å². The summed E-state index contributed by atoms with van der Waals surface area (Å²) in [7, 11) is 0. The minimum absolute atomic E-state index is 0.0387. The minimum Gasteiger partial charge on any atom is -0.351 e. The third-order valence-corrected chi connectivity index (χ3v) is 4.01. The Morgan fingerprint density at radius 3 is 2.65 bits per heavy atom. The van der Waals surface area contributed by atoms with Gasteiger partial charge in [0.2, 0.25) is 5.91 Å². The van der Waals surface area contributed by atoms with Gasteiger partial charge in [0.15, 0.2) is 0 Å². The van der Waals surface area contributed by atoms with E-state index in [4.69, 9.17) is 0 Å². The van der Waals surface area contributed by atoms with Gasteiger partial charge in [-0.05, 0) is 55.8 Å². The molecule has 4 heteroatoms. The van der Waals surface area contributed by atoms with E-state index in [1.54, 1.807) is 26.0 Å². The number of carbonyl (C=O) groups excluding carboxylic acids is 1. The number of benzene rings is 1. The molecule has 1 amide bonds. The number of piperidine rings is 1. The zero-order valence-corrected chi connectivity index (χ0v) is 12.4. The predicted molar refractivity (Wildman–Crippen MR) is 77.9 cm³/mol. The Morgan fingerprint density at radius 1 is 1.40 bits per heavy atom. The van der Waals surface area contributed by atoms with Crippen LogP contribution in [-0.4, -0.2) is 18.5 Å². The maximum atomic E-state index is 13.6. The second kappa shape index (κ2) is 6.35. The van der Waals surface area contributed by atoms with E-state index in [2.05, 4.69) is 17.6 Å². The highest BCUT2D eigenvalue weighted by Gasteiger charge is 2.26. The van der Waals surface area contributed by atoms with E-state index >= 15 is 0 Å². The molecular formula is C16H23FN2O. The maximum Gasteiger partial charge on any atom is 0.237 e. The molecule has 0 bridgehead atoms. The summed E-state index contributed by atoms with van der Waals surface area (Å²) in [6.45, 7) is 6.95. The van der Waals surface area contributed by atoms with E-state index in [0.29, 0.717) is 23.6 Å². The van der Waals surface area contributed by atoms with Crippen LogP contribution in [0.4, 0.5) is 4.39 Å². The molecule has 2 rings (SSSR count). The molecule has 0 spiro atoms. The lowest BCUT2D eigenvalue weighted by molar-refractivity contribution is -0.125. The smallest absolute Gasteiger partial charge is 0.237 e. The van der Waals surface area contributed by atoms with E-state index < -0.39 is 0 Å². The first-order valence-corrected chi connectivity index (χ1v) is 7.25. The number of hydrogen-bond donors (Lipinski definition) is 2. The molecule has 1 aliphatic heterocycles. The van der Waals surface area contributed by atoms with Crippen molar-refractivity contribution in [1.29, 1.82) is 0 Å². The fourth-order valence-corrected chi connectivity index (χ4v) is 2.84. The largest absolute Gasteiger partial charge is 0.351 e. The van der Waals surface area contributed by atoms with E-state index in [-0.39, 0.29) is 17.8 Å². The summed E-state index contributed by atoms with van der Waals surface area (Å²) < 4.78 is 13.6. The normalized spacial score (nSPS) is 22.6. The maximum absolute atomic E-state index is 13.6. The number of hydrogen-bond acceptors (Lipinski definition) is 2. The first-order valence-electron chi connectivity index (χ1n) is 7.25. The van der Waals surface area contributed by atoms with Gasteiger partial charge >= 0.3 is 0 Å². The summed E-state index contributed by atoms with van der Waals surface area (Å²) in [5.41, 5.74) is 2.19. The molecule has 1 aromatic rings. The number of halogens is 1. The van der Waals surface area contributed by atoms with Crippen molar-refractivity contribution < 1.29 is 9.18 Å². The number of amides is 1. The Balaban J connectivity index is 1.96. The Labute approximate surface area is 120 Å². The third kappa shape index (κ3) is 3.37. The Bertz CT molecular complexity index is 478. The van der Waals surface area contributed by atoms with Gasteiger partial charge in [0, 0.05) is 6.54 Å². The molecule has 1 aliphatic rings. The van der Waals surface area contributed by atoms with Gasteiger partial charge in [-0.25, -0.2) is 4.39 Å². The van der Waals surface area contributed by atoms with Gasteiger partial charge in [-0.2, -0.15) is 0 Å². The molecule has 1 saturated heterocycles. The van der Waals surface area contributed by atoms with Crippen LogP contribution in [0.1, 0.15) is 36.5 Å². The highest BCUT2D eigenvalue weighted by molar-refractivity contribution is 5.82. The summed E-state index contributed by atoms with van der Waals surface area (Å²) in [4.78, 5) is 12.2. The van der Waals surface area contributed by atoms with E-state index in [1.165, 1.54) is 0 Å². The van der Waals surface area contributed by atoms with Crippen molar-refractivity contribution in [2.75, 3.05) is 6.54 Å². The zero-order chi connectivity index (χ0) is 14.7. The van der Waals surface area contributed by atoms with Crippen molar-refractivity contribution in [2.45, 2.75) is 46.2 Å². The molecular weight excluding hydrogens is 255 g/mol. The Kier molecular flexibility index (Phi) is 4.76. The molecule has 2 unspecified atom stereocenters. The highest BCUT2D eigenvalue weighted by Crippen LogP contribution is 2.17. The lowest BCUT2D eigenvalue weighted by Gasteiger charge is -2.29. The van der Waals surface area contributed by atoms with Gasteiger partial charge < -0.3 is 10.6 Å². The van der Waals surface area contributed by atoms with Crippen LogP contribution in [0.5, 0.6) is 0 Å². The van der Waals surface area contributed by atoms with Crippen LogP contribution in [0.3, 0.4) is 0 Å². The van der Waals surface area contributed by atoms with E-state index in [1.807, 2.05) is 0 Å². The van der Waals surface area contributed by atoms with Crippen LogP contribution in [0.2, 0.25) is 0 Å². The van der Waals surface area contributed by atoms with Crippen LogP contribution >= 0.6 is 0 Å². The summed E-state index contributed by atoms with van der Waals surface area (Å²) in [5.74, 6) is 0.236. The van der Waals surface area contributed by atoms with Crippen molar-refractivity contribution in [3.8, 4) is 0 Å². The van der Waals surface area contributed by atoms with Gasteiger partial charge in [0.05, 0.1) is 6.04 Å². The molecule has 20 heavy (non-hydrogen) atoms. The van der Waals surface area contributed by atoms with Crippen molar-refractivity contribution in [2.24, 2.45) is 5.92 Å². The Morgan fingerprint density at radius 2 is 2.05 bits per heavy atom. The molecule has 1 aromatic carbocycles. The van der Waals surface area contributed by atoms with Gasteiger partial charge in [0.1, 0.15) is 5.82 Å². The monoisotopic (exact) mass is 278 g/mol. The van der Waals surface area contributed by atoms with Crippen molar-refractivity contribution >= 4 is 5.91 Å². The van der Waals surface area contributed by atoms with Gasteiger partial charge in [-0.15, -0.1) is 0 Å². The second-order valence-electron chi connectivity index (χ2n) is 5.81. The van der Waals surface area contributed by atoms with Gasteiger partial charge in [-0.3, -0.25) is 4.79 Å². The third-order valence-electron chi connectivity index (χ3n) is 4.01. The van der Waals surface area contributed by atoms with Crippen LogP contribution in [0.15, 0.2) is 12.1 Å². The van der Waals surface area contributed by atoms with Crippen LogP contribution in [-0.2, 0) is 11.3 Å². The molecule has 0 radical (unpaired) electrons. The molecule has 110 valence electrons. The van der Waals surface area contributed by atoms with E-state index in [0.717, 1.165) is 24.9 Å². The number of carbonyl (C=O) groups is 1. The van der Waals surface area contributed by atoms with Gasteiger partial charge in [-0.1, -0.05) is 19.1 Å². The van der Waals surface area contributed by atoms with Gasteiger partial charge in [0.25, 0.3) is 0 Å². The number of nitrogens with one attached hydrogen (secondary N) is 2. The molecule has 1 fully saturated rings. The quantitative estimate of drug-likeness (QED) is 0.891. The molecule has 0 aromatic heterocycles. The number of rotatable bonds is 3. The SMILES string of the molecule is Cc1cc(CNC(=O)C2NCCCC2C)cc(C)c1F. The van der Waals surface area contributed by atoms with Crippen LogP contribution in [0.25, 0.3) is 0 Å². The average Bonchev–Trinajstić information content (AvgIpc) is 2.42. The van der Waals surface area contributed by atoms with E-state index in [9.17, 15) is 9.18 Å². The first-order chi connectivity index (χ1) is 9.49. The number of aryl methyl sites for hydroxylation is 2. The molecule has 1 heterocycles. The standard InChI is InChI=1S/C16H23FN2O/c1-10-5-4-6-18-15(10)16(20)19-9-13-7-11(2)14(17)12(3)8-13/h7-8,10,15,18H,4-6,9H2,1-3H3,(H,19,20). The topological polar surface area (TPSA) is 41.1 Å². The summed E-state index contributed by atoms with van der Waals surface area (Å²) in [6.07, 6.45) is 2.21. The lowest BCUT2D eigenvalue weighted by atomic mass is 9.92. The summed E-state index contributed by atoms with van der Waals surface area (Å²) in [6, 6.07) is 3.48. The molecule has 3 nitrogen and oxygen atoms in total. The van der Waals surface area contributed by atoms with Crippen molar-refractivity contribution in [1.82, 2.24) is 10.6 Å². The van der Waals surface area contributed by atoms with Crippen molar-refractivity contribution in [3.63, 3.8) is 0 Å². The van der Waals surface area contributed by atoms with Crippen LogP contribution < -0.4 is 10.6 Å². The summed E-state index contributed by atoms with van der Waals surface area (Å²) >= 11 is 0. The molecule has 2 N–H and O–H groups in total. The Hall–Kier alpha value is -1.42. The van der Waals surface area contributed by atoms with Crippen LogP contribution in [0, 0.1) is 25.6 Å². The average molecular weight is 278 g/mol. The minimum atomic E-state index is -0.164. The second-order valence-corrected chi connectivity index (χ2v) is 5.81. The highest BCUT2D eigenvalue weighted by atomic mass is 19.1. The summed E-state index contributed by atoms with van der Waals surface area (Å²) in [5, 5.41) is 6.21. The zero-order valence-electron chi connectivity index (χ0n) is 12.4. The molecule has 0 saturated carbocycles. The first kappa shape index (κ1) is 15.0. The predicted octanol–water partition coefficient (Wildman–Crippen LogP) is 2.45. The molecule has 2 atom stereocenters. The lowest BCUT2D eigenvalue weighted by Crippen LogP contribution is -2.50. The molecule has 0 aliphatic carbocycles. The fraction of sp³-hybridized carbons (Fsp3) is 0.562. The fourth-order valence-electron chi connectivity index (χ4n) is 2.84.